The first kappa shape index (κ1) is 21.8. The fourth-order valence-corrected chi connectivity index (χ4v) is 3.65. The molecular weight excluding hydrogens is 428 g/mol. The van der Waals surface area contributed by atoms with Gasteiger partial charge in [-0.1, -0.05) is 12.1 Å². The molecule has 2 heterocycles. The predicted molar refractivity (Wildman–Crippen MR) is 103 cm³/mol. The molecule has 11 nitrogen and oxygen atoms in total. The zero-order chi connectivity index (χ0) is 23.2. The van der Waals surface area contributed by atoms with E-state index in [1.54, 1.807) is 12.1 Å². The van der Waals surface area contributed by atoms with E-state index in [-0.39, 0.29) is 35.0 Å². The van der Waals surface area contributed by atoms with Gasteiger partial charge in [0.2, 0.25) is 6.29 Å². The number of ketones is 1. The molecular formula is C21H20O11. The number of carbonyl (C=O) groups excluding carboxylic acids is 1. The first-order valence-electron chi connectivity index (χ1n) is 9.60. The van der Waals surface area contributed by atoms with Crippen LogP contribution < -0.4 is 9.47 Å². The minimum Gasteiger partial charge on any atom is -0.508 e. The Morgan fingerprint density at radius 1 is 0.969 bits per heavy atom. The second-order valence-corrected chi connectivity index (χ2v) is 7.50. The summed E-state index contributed by atoms with van der Waals surface area (Å²) in [6.07, 6.45) is -10.1. The lowest BCUT2D eigenvalue weighted by Gasteiger charge is -2.38. The molecule has 6 atom stereocenters. The van der Waals surface area contributed by atoms with Crippen LogP contribution in [0.3, 0.4) is 0 Å². The summed E-state index contributed by atoms with van der Waals surface area (Å²) in [5.74, 6) is -2.60. The van der Waals surface area contributed by atoms with Gasteiger partial charge in [-0.15, -0.1) is 0 Å². The maximum absolute atomic E-state index is 12.9. The molecule has 1 fully saturated rings. The summed E-state index contributed by atoms with van der Waals surface area (Å²) in [6.45, 7) is 0. The standard InChI is InChI=1S/C21H20O11/c22-9-3-1-8(2-4-9)12-7-11(24)15-13(30-12)5-10(23)6-14(15)31-21-18(27)16(25)17(26)19(32-21)20(28)29/h1-6,12,16-19,21-23,25-27H,7H2,(H,28,29)/t12?,16-,17-,18+,19-,21?/m0/s1. The van der Waals surface area contributed by atoms with Crippen LogP contribution >= 0.6 is 0 Å². The lowest BCUT2D eigenvalue weighted by Crippen LogP contribution is -2.61. The van der Waals surface area contributed by atoms with Crippen LogP contribution in [0.15, 0.2) is 36.4 Å². The Bertz CT molecular complexity index is 1030. The van der Waals surface area contributed by atoms with Crippen molar-refractivity contribution in [3.8, 4) is 23.0 Å². The first-order chi connectivity index (χ1) is 15.2. The van der Waals surface area contributed by atoms with Crippen molar-refractivity contribution >= 4 is 11.8 Å². The number of phenols is 2. The Kier molecular flexibility index (Phi) is 5.65. The predicted octanol–water partition coefficient (Wildman–Crippen LogP) is 0.0753. The lowest BCUT2D eigenvalue weighted by molar-refractivity contribution is -0.271. The van der Waals surface area contributed by atoms with Crippen LogP contribution in [0.4, 0.5) is 0 Å². The number of Topliss-reactive ketones (excluding diaryl/α,β-unsaturated/α-hetero) is 1. The molecule has 0 aliphatic carbocycles. The van der Waals surface area contributed by atoms with E-state index in [1.807, 2.05) is 0 Å². The Balaban J connectivity index is 1.64. The van der Waals surface area contributed by atoms with E-state index in [4.69, 9.17) is 19.3 Å². The highest BCUT2D eigenvalue weighted by Crippen LogP contribution is 2.43. The highest BCUT2D eigenvalue weighted by molar-refractivity contribution is 6.02. The van der Waals surface area contributed by atoms with Gasteiger partial charge in [0.25, 0.3) is 0 Å². The average Bonchev–Trinajstić information content (AvgIpc) is 2.73. The number of hydrogen-bond donors (Lipinski definition) is 6. The van der Waals surface area contributed by atoms with E-state index in [1.165, 1.54) is 18.2 Å². The zero-order valence-corrected chi connectivity index (χ0v) is 16.4. The van der Waals surface area contributed by atoms with Crippen LogP contribution in [-0.4, -0.2) is 73.1 Å². The number of aliphatic hydroxyl groups is 3. The van der Waals surface area contributed by atoms with Crippen molar-refractivity contribution in [1.82, 2.24) is 0 Å². The maximum Gasteiger partial charge on any atom is 0.335 e. The molecule has 0 radical (unpaired) electrons. The fraction of sp³-hybridized carbons (Fsp3) is 0.333. The fourth-order valence-electron chi connectivity index (χ4n) is 3.65. The summed E-state index contributed by atoms with van der Waals surface area (Å²) in [4.78, 5) is 24.2. The summed E-state index contributed by atoms with van der Waals surface area (Å²) in [6, 6.07) is 8.31. The number of carbonyl (C=O) groups is 2. The minimum atomic E-state index is -1.91. The maximum atomic E-state index is 12.9. The van der Waals surface area contributed by atoms with Gasteiger partial charge in [-0.25, -0.2) is 4.79 Å². The van der Waals surface area contributed by atoms with E-state index < -0.39 is 48.6 Å². The molecule has 2 aromatic carbocycles. The molecule has 1 saturated heterocycles. The minimum absolute atomic E-state index is 0.0185. The lowest BCUT2D eigenvalue weighted by atomic mass is 9.95. The molecule has 0 saturated carbocycles. The van der Waals surface area contributed by atoms with Gasteiger partial charge in [0.05, 0.1) is 6.42 Å². The van der Waals surface area contributed by atoms with Crippen molar-refractivity contribution in [2.45, 2.75) is 43.2 Å². The number of phenolic OH excluding ortho intramolecular Hbond substituents is 2. The van der Waals surface area contributed by atoms with E-state index in [2.05, 4.69) is 0 Å². The summed E-state index contributed by atoms with van der Waals surface area (Å²) in [7, 11) is 0. The smallest absolute Gasteiger partial charge is 0.335 e. The second kappa shape index (κ2) is 8.28. The van der Waals surface area contributed by atoms with Gasteiger partial charge >= 0.3 is 5.97 Å². The molecule has 170 valence electrons. The third-order valence-corrected chi connectivity index (χ3v) is 5.29. The number of aliphatic carboxylic acids is 1. The van der Waals surface area contributed by atoms with Crippen molar-refractivity contribution in [3.05, 3.63) is 47.5 Å². The molecule has 11 heteroatoms. The van der Waals surface area contributed by atoms with E-state index >= 15 is 0 Å². The number of aliphatic hydroxyl groups excluding tert-OH is 3. The van der Waals surface area contributed by atoms with Crippen molar-refractivity contribution in [2.24, 2.45) is 0 Å². The SMILES string of the molecule is O=C1CC(c2ccc(O)cc2)Oc2cc(O)cc(OC3O[C@H](C(=O)O)[C@@H](O)[C@H](O)[C@H]3O)c21. The molecule has 2 aliphatic rings. The van der Waals surface area contributed by atoms with Crippen molar-refractivity contribution < 1.29 is 54.4 Å². The van der Waals surface area contributed by atoms with Gasteiger partial charge in [-0.2, -0.15) is 0 Å². The number of ether oxygens (including phenoxy) is 3. The summed E-state index contributed by atoms with van der Waals surface area (Å²) < 4.78 is 16.4. The quantitative estimate of drug-likeness (QED) is 0.372. The number of aromatic hydroxyl groups is 2. The number of benzene rings is 2. The third kappa shape index (κ3) is 3.94. The summed E-state index contributed by atoms with van der Waals surface area (Å²) >= 11 is 0. The number of hydrogen-bond acceptors (Lipinski definition) is 10. The van der Waals surface area contributed by atoms with Crippen LogP contribution in [0.2, 0.25) is 0 Å². The average molecular weight is 448 g/mol. The zero-order valence-electron chi connectivity index (χ0n) is 16.4. The Morgan fingerprint density at radius 2 is 1.66 bits per heavy atom. The molecule has 4 rings (SSSR count). The van der Waals surface area contributed by atoms with Gasteiger partial charge in [0.1, 0.15) is 53.0 Å². The van der Waals surface area contributed by atoms with Crippen LogP contribution in [0, 0.1) is 0 Å². The van der Waals surface area contributed by atoms with Gasteiger partial charge in [0, 0.05) is 12.1 Å². The number of fused-ring (bicyclic) bond motifs is 1. The molecule has 2 aliphatic heterocycles. The van der Waals surface area contributed by atoms with E-state index in [0.29, 0.717) is 5.56 Å². The molecule has 0 bridgehead atoms. The second-order valence-electron chi connectivity index (χ2n) is 7.50. The normalized spacial score (nSPS) is 29.7. The number of carboxylic acids is 1. The van der Waals surface area contributed by atoms with Gasteiger partial charge in [-0.05, 0) is 17.7 Å². The molecule has 0 aromatic heterocycles. The highest BCUT2D eigenvalue weighted by Gasteiger charge is 2.48. The monoisotopic (exact) mass is 448 g/mol. The van der Waals surface area contributed by atoms with Gasteiger partial charge in [-0.3, -0.25) is 4.79 Å². The van der Waals surface area contributed by atoms with Crippen molar-refractivity contribution in [1.29, 1.82) is 0 Å². The van der Waals surface area contributed by atoms with E-state index in [0.717, 1.165) is 6.07 Å². The summed E-state index contributed by atoms with van der Waals surface area (Å²) in [5.41, 5.74) is 0.543. The Hall–Kier alpha value is -3.38. The molecule has 32 heavy (non-hydrogen) atoms. The molecule has 2 aromatic rings. The van der Waals surface area contributed by atoms with Gasteiger partial charge < -0.3 is 44.8 Å². The first-order valence-corrected chi connectivity index (χ1v) is 9.60. The number of carboxylic acid groups (broad SMARTS) is 1. The Morgan fingerprint density at radius 3 is 2.31 bits per heavy atom. The third-order valence-electron chi connectivity index (χ3n) is 5.29. The topological polar surface area (TPSA) is 183 Å². The molecule has 0 spiro atoms. The van der Waals surface area contributed by atoms with Crippen LogP contribution in [0.5, 0.6) is 23.0 Å². The molecule has 0 amide bonds. The number of rotatable bonds is 4. The van der Waals surface area contributed by atoms with Gasteiger partial charge in [0.15, 0.2) is 11.9 Å². The molecule has 2 unspecified atom stereocenters. The van der Waals surface area contributed by atoms with Crippen molar-refractivity contribution in [3.63, 3.8) is 0 Å². The van der Waals surface area contributed by atoms with Crippen LogP contribution in [-0.2, 0) is 9.53 Å². The Labute approximate surface area is 180 Å². The molecule has 6 N–H and O–H groups in total. The van der Waals surface area contributed by atoms with Crippen LogP contribution in [0.25, 0.3) is 0 Å². The highest BCUT2D eigenvalue weighted by atomic mass is 16.7. The van der Waals surface area contributed by atoms with E-state index in [9.17, 15) is 35.1 Å². The summed E-state index contributed by atoms with van der Waals surface area (Å²) in [5, 5.41) is 58.6. The largest absolute Gasteiger partial charge is 0.508 e. The van der Waals surface area contributed by atoms with Crippen LogP contribution in [0.1, 0.15) is 28.4 Å². The van der Waals surface area contributed by atoms with Crippen molar-refractivity contribution in [2.75, 3.05) is 0 Å².